The highest BCUT2D eigenvalue weighted by Gasteiger charge is 2.41. The Morgan fingerprint density at radius 2 is 2.14 bits per heavy atom. The first kappa shape index (κ1) is 14.7. The molecule has 1 atom stereocenters. The monoisotopic (exact) mass is 295 g/mol. The third-order valence-corrected chi connectivity index (χ3v) is 4.44. The average Bonchev–Trinajstić information content (AvgIpc) is 3.25. The van der Waals surface area contributed by atoms with Gasteiger partial charge in [-0.25, -0.2) is 4.39 Å². The Bertz CT molecular complexity index is 481. The number of alkyl halides is 1. The molecule has 1 unspecified atom stereocenters. The summed E-state index contributed by atoms with van der Waals surface area (Å²) in [5.41, 5.74) is -0.234. The lowest BCUT2D eigenvalue weighted by molar-refractivity contribution is -0.117. The summed E-state index contributed by atoms with van der Waals surface area (Å²) in [7, 11) is 0. The number of nitrogens with one attached hydrogen (secondary N) is 2. The molecule has 116 valence electrons. The Morgan fingerprint density at radius 1 is 1.43 bits per heavy atom. The zero-order chi connectivity index (χ0) is 14.9. The van der Waals surface area contributed by atoms with Crippen LogP contribution in [0.4, 0.5) is 4.39 Å². The molecule has 1 amide bonds. The Balaban J connectivity index is 1.55. The van der Waals surface area contributed by atoms with Crippen molar-refractivity contribution in [3.8, 4) is 0 Å². The minimum atomic E-state index is -1.49. The molecule has 3 N–H and O–H groups in total. The fourth-order valence-electron chi connectivity index (χ4n) is 2.71. The van der Waals surface area contributed by atoms with Crippen molar-refractivity contribution in [2.24, 2.45) is 0 Å². The Kier molecular flexibility index (Phi) is 3.86. The van der Waals surface area contributed by atoms with Gasteiger partial charge >= 0.3 is 0 Å². The molecular weight excluding hydrogens is 273 g/mol. The maximum Gasteiger partial charge on any atom is 0.251 e. The second-order valence-corrected chi connectivity index (χ2v) is 6.16. The van der Waals surface area contributed by atoms with E-state index in [1.807, 2.05) is 0 Å². The highest BCUT2D eigenvalue weighted by atomic mass is 19.1. The van der Waals surface area contributed by atoms with E-state index in [2.05, 4.69) is 10.6 Å². The molecule has 0 radical (unpaired) electrons. The molecule has 0 aromatic heterocycles. The number of carbonyl (C=O) groups excluding carboxylic acids is 1. The van der Waals surface area contributed by atoms with Gasteiger partial charge in [0.15, 0.2) is 5.79 Å². The van der Waals surface area contributed by atoms with E-state index >= 15 is 0 Å². The minimum absolute atomic E-state index is 0.191. The molecule has 1 saturated carbocycles. The number of nitrogens with zero attached hydrogens (tertiary/aromatic N) is 1. The summed E-state index contributed by atoms with van der Waals surface area (Å²) in [5.74, 6) is -1.73. The number of aliphatic hydroxyl groups is 1. The van der Waals surface area contributed by atoms with Crippen molar-refractivity contribution < 1.29 is 14.3 Å². The maximum absolute atomic E-state index is 14.9. The quantitative estimate of drug-likeness (QED) is 0.643. The van der Waals surface area contributed by atoms with Crippen LogP contribution >= 0.6 is 0 Å². The van der Waals surface area contributed by atoms with Crippen LogP contribution in [0.5, 0.6) is 0 Å². The first-order valence-electron chi connectivity index (χ1n) is 7.56. The van der Waals surface area contributed by atoms with Gasteiger partial charge in [-0.05, 0) is 25.0 Å². The molecule has 5 nitrogen and oxygen atoms in total. The second kappa shape index (κ2) is 5.51. The first-order chi connectivity index (χ1) is 10.0. The number of hydrogen-bond acceptors (Lipinski definition) is 4. The van der Waals surface area contributed by atoms with E-state index in [-0.39, 0.29) is 18.9 Å². The van der Waals surface area contributed by atoms with E-state index in [0.29, 0.717) is 18.7 Å². The van der Waals surface area contributed by atoms with Gasteiger partial charge in [0, 0.05) is 44.7 Å². The fraction of sp³-hybridized carbons (Fsp3) is 0.667. The molecule has 3 aliphatic rings. The van der Waals surface area contributed by atoms with Gasteiger partial charge in [-0.15, -0.1) is 0 Å². The van der Waals surface area contributed by atoms with Gasteiger partial charge in [-0.1, -0.05) is 6.08 Å². The molecule has 3 rings (SSSR count). The van der Waals surface area contributed by atoms with Crippen LogP contribution in [-0.2, 0) is 4.79 Å². The van der Waals surface area contributed by atoms with Crippen molar-refractivity contribution >= 4 is 5.91 Å². The molecule has 1 heterocycles. The maximum atomic E-state index is 14.9. The average molecular weight is 295 g/mol. The Labute approximate surface area is 123 Å². The molecule has 21 heavy (non-hydrogen) atoms. The highest BCUT2D eigenvalue weighted by molar-refractivity contribution is 5.96. The Morgan fingerprint density at radius 3 is 2.71 bits per heavy atom. The van der Waals surface area contributed by atoms with E-state index in [4.69, 9.17) is 0 Å². The normalized spacial score (nSPS) is 31.6. The summed E-state index contributed by atoms with van der Waals surface area (Å²) < 4.78 is 14.9. The zero-order valence-electron chi connectivity index (χ0n) is 12.1. The first-order valence-corrected chi connectivity index (χ1v) is 7.56. The van der Waals surface area contributed by atoms with E-state index < -0.39 is 11.4 Å². The van der Waals surface area contributed by atoms with Gasteiger partial charge in [-0.3, -0.25) is 9.69 Å². The van der Waals surface area contributed by atoms with Gasteiger partial charge in [0.1, 0.15) is 0 Å². The summed E-state index contributed by atoms with van der Waals surface area (Å²) in [6.07, 6.45) is 6.35. The zero-order valence-corrected chi connectivity index (χ0v) is 12.1. The van der Waals surface area contributed by atoms with Gasteiger partial charge in [0.25, 0.3) is 5.91 Å². The molecular formula is C15H22FN3O2. The third-order valence-electron chi connectivity index (χ3n) is 4.44. The van der Waals surface area contributed by atoms with Crippen LogP contribution in [0.1, 0.15) is 19.3 Å². The molecule has 0 aromatic rings. The number of carbonyl (C=O) groups is 1. The third kappa shape index (κ3) is 3.33. The summed E-state index contributed by atoms with van der Waals surface area (Å²) in [6.45, 7) is 3.19. The van der Waals surface area contributed by atoms with Crippen molar-refractivity contribution in [3.63, 3.8) is 0 Å². The molecule has 6 heteroatoms. The topological polar surface area (TPSA) is 64.6 Å². The molecule has 2 aliphatic carbocycles. The molecule has 0 bridgehead atoms. The van der Waals surface area contributed by atoms with Crippen LogP contribution in [0.3, 0.4) is 0 Å². The highest BCUT2D eigenvalue weighted by Crippen LogP contribution is 2.34. The largest absolute Gasteiger partial charge is 0.388 e. The molecule has 2 fully saturated rings. The van der Waals surface area contributed by atoms with Crippen molar-refractivity contribution in [1.82, 2.24) is 15.5 Å². The SMILES string of the molecule is O=C(NCC1(O)CC1)C1=CCC(F)(N2CCNCC2)C=C1. The van der Waals surface area contributed by atoms with Crippen molar-refractivity contribution in [3.05, 3.63) is 23.8 Å². The lowest BCUT2D eigenvalue weighted by atomic mass is 9.98. The predicted molar refractivity (Wildman–Crippen MR) is 77.3 cm³/mol. The molecule has 1 aliphatic heterocycles. The van der Waals surface area contributed by atoms with Crippen LogP contribution in [0, 0.1) is 0 Å². The van der Waals surface area contributed by atoms with Crippen molar-refractivity contribution in [1.29, 1.82) is 0 Å². The van der Waals surface area contributed by atoms with Crippen LogP contribution in [0.2, 0.25) is 0 Å². The summed E-state index contributed by atoms with van der Waals surface area (Å²) in [4.78, 5) is 13.8. The predicted octanol–water partition coefficient (Wildman–Crippen LogP) is 0.0848. The lowest BCUT2D eigenvalue weighted by Gasteiger charge is -2.39. The standard InChI is InChI=1S/C15H22FN3O2/c16-15(19-9-7-17-8-10-19)3-1-12(2-4-15)13(20)18-11-14(21)5-6-14/h1-3,17,21H,4-11H2,(H,18,20). The smallest absolute Gasteiger partial charge is 0.251 e. The van der Waals surface area contributed by atoms with E-state index in [9.17, 15) is 14.3 Å². The van der Waals surface area contributed by atoms with Crippen LogP contribution in [0.15, 0.2) is 23.8 Å². The number of amides is 1. The van der Waals surface area contributed by atoms with Crippen molar-refractivity contribution in [2.45, 2.75) is 30.7 Å². The second-order valence-electron chi connectivity index (χ2n) is 6.16. The number of piperazine rings is 1. The lowest BCUT2D eigenvalue weighted by Crippen LogP contribution is -2.53. The Hall–Kier alpha value is -1.24. The van der Waals surface area contributed by atoms with E-state index in [0.717, 1.165) is 25.9 Å². The minimum Gasteiger partial charge on any atom is -0.388 e. The van der Waals surface area contributed by atoms with E-state index in [1.165, 1.54) is 6.08 Å². The summed E-state index contributed by atoms with van der Waals surface area (Å²) in [6, 6.07) is 0. The van der Waals surface area contributed by atoms with Gasteiger partial charge in [0.2, 0.25) is 0 Å². The van der Waals surface area contributed by atoms with Crippen LogP contribution < -0.4 is 10.6 Å². The van der Waals surface area contributed by atoms with Gasteiger partial charge in [-0.2, -0.15) is 0 Å². The van der Waals surface area contributed by atoms with Gasteiger partial charge in [0.05, 0.1) is 5.60 Å². The van der Waals surface area contributed by atoms with Gasteiger partial charge < -0.3 is 15.7 Å². The molecule has 0 spiro atoms. The summed E-state index contributed by atoms with van der Waals surface area (Å²) in [5, 5.41) is 15.6. The summed E-state index contributed by atoms with van der Waals surface area (Å²) >= 11 is 0. The van der Waals surface area contributed by atoms with E-state index in [1.54, 1.807) is 17.1 Å². The van der Waals surface area contributed by atoms with Crippen LogP contribution in [-0.4, -0.2) is 60.0 Å². The number of halogens is 1. The fourth-order valence-corrected chi connectivity index (χ4v) is 2.71. The molecule has 1 saturated heterocycles. The molecule has 0 aromatic carbocycles. The van der Waals surface area contributed by atoms with Crippen LogP contribution in [0.25, 0.3) is 0 Å². The number of rotatable bonds is 4. The van der Waals surface area contributed by atoms with Crippen molar-refractivity contribution in [2.75, 3.05) is 32.7 Å². The number of hydrogen-bond donors (Lipinski definition) is 3.